The van der Waals surface area contributed by atoms with Crippen LogP contribution in [0.2, 0.25) is 0 Å². The molecular formula is C19H17BrF2N2O3. The number of carbonyl (C=O) groups is 2. The zero-order valence-electron chi connectivity index (χ0n) is 14.2. The number of urea groups is 1. The molecule has 1 atom stereocenters. The molecule has 1 heterocycles. The maximum absolute atomic E-state index is 13.5. The molecule has 0 radical (unpaired) electrons. The summed E-state index contributed by atoms with van der Waals surface area (Å²) in [6.45, 7) is 0.466. The van der Waals surface area contributed by atoms with Crippen molar-refractivity contribution in [2.24, 2.45) is 5.92 Å². The predicted octanol–water partition coefficient (Wildman–Crippen LogP) is 4.26. The Balaban J connectivity index is 1.87. The van der Waals surface area contributed by atoms with Crippen LogP contribution in [-0.4, -0.2) is 35.1 Å². The molecule has 0 spiro atoms. The maximum atomic E-state index is 13.5. The predicted molar refractivity (Wildman–Crippen MR) is 99.4 cm³/mol. The van der Waals surface area contributed by atoms with Gasteiger partial charge in [0, 0.05) is 41.8 Å². The second-order valence-electron chi connectivity index (χ2n) is 6.49. The Morgan fingerprint density at radius 2 is 1.74 bits per heavy atom. The molecule has 3 rings (SSSR count). The fourth-order valence-electron chi connectivity index (χ4n) is 3.22. The van der Waals surface area contributed by atoms with Crippen molar-refractivity contribution in [2.45, 2.75) is 13.0 Å². The van der Waals surface area contributed by atoms with Gasteiger partial charge in [-0.25, -0.2) is 13.6 Å². The summed E-state index contributed by atoms with van der Waals surface area (Å²) in [4.78, 5) is 27.0. The summed E-state index contributed by atoms with van der Waals surface area (Å²) < 4.78 is 27.8. The summed E-state index contributed by atoms with van der Waals surface area (Å²) in [7, 11) is 0. The molecule has 27 heavy (non-hydrogen) atoms. The van der Waals surface area contributed by atoms with E-state index in [1.54, 1.807) is 24.3 Å². The standard InChI is InChI=1S/C19H17BrF2N2O3/c20-14-1-3-17(4-2-14)24-11-13(7-18(25)26)10-23(19(24)27)9-12-5-15(21)8-16(22)6-12/h1-6,8,13H,7,9-11H2,(H,25,26). The van der Waals surface area contributed by atoms with E-state index in [1.807, 2.05) is 0 Å². The summed E-state index contributed by atoms with van der Waals surface area (Å²) in [5.41, 5.74) is 0.946. The van der Waals surface area contributed by atoms with Crippen LogP contribution < -0.4 is 4.90 Å². The van der Waals surface area contributed by atoms with E-state index in [2.05, 4.69) is 15.9 Å². The van der Waals surface area contributed by atoms with Gasteiger partial charge in [-0.3, -0.25) is 9.69 Å². The summed E-state index contributed by atoms with van der Waals surface area (Å²) in [6, 6.07) is 9.86. The second-order valence-corrected chi connectivity index (χ2v) is 7.41. The van der Waals surface area contributed by atoms with Gasteiger partial charge in [-0.15, -0.1) is 0 Å². The molecule has 1 unspecified atom stereocenters. The molecule has 142 valence electrons. The zero-order valence-corrected chi connectivity index (χ0v) is 15.8. The van der Waals surface area contributed by atoms with Crippen LogP contribution in [-0.2, 0) is 11.3 Å². The molecule has 0 aliphatic carbocycles. The Morgan fingerprint density at radius 3 is 2.33 bits per heavy atom. The first-order chi connectivity index (χ1) is 12.8. The lowest BCUT2D eigenvalue weighted by atomic mass is 10.0. The van der Waals surface area contributed by atoms with Crippen molar-refractivity contribution >= 4 is 33.6 Å². The highest BCUT2D eigenvalue weighted by Crippen LogP contribution is 2.27. The van der Waals surface area contributed by atoms with Crippen LogP contribution in [0.3, 0.4) is 0 Å². The summed E-state index contributed by atoms with van der Waals surface area (Å²) >= 11 is 3.34. The molecule has 1 fully saturated rings. The van der Waals surface area contributed by atoms with Gasteiger partial charge in [0.2, 0.25) is 0 Å². The number of anilines is 1. The highest BCUT2D eigenvalue weighted by molar-refractivity contribution is 9.10. The lowest BCUT2D eigenvalue weighted by Gasteiger charge is -2.40. The molecule has 0 bridgehead atoms. The topological polar surface area (TPSA) is 60.9 Å². The number of nitrogens with zero attached hydrogens (tertiary/aromatic N) is 2. The summed E-state index contributed by atoms with van der Waals surface area (Å²) in [6.07, 6.45) is -0.103. The third-order valence-corrected chi connectivity index (χ3v) is 4.85. The van der Waals surface area contributed by atoms with Crippen molar-refractivity contribution in [1.82, 2.24) is 4.90 Å². The first-order valence-corrected chi connectivity index (χ1v) is 9.10. The number of carboxylic acid groups (broad SMARTS) is 1. The van der Waals surface area contributed by atoms with Gasteiger partial charge in [0.15, 0.2) is 0 Å². The largest absolute Gasteiger partial charge is 0.481 e. The molecule has 2 aromatic rings. The van der Waals surface area contributed by atoms with Gasteiger partial charge in [-0.2, -0.15) is 0 Å². The molecule has 1 saturated heterocycles. The van der Waals surface area contributed by atoms with Crippen molar-refractivity contribution in [3.05, 3.63) is 64.1 Å². The van der Waals surface area contributed by atoms with Crippen LogP contribution in [0.5, 0.6) is 0 Å². The SMILES string of the molecule is O=C(O)CC1CN(Cc2cc(F)cc(F)c2)C(=O)N(c2ccc(Br)cc2)C1. The highest BCUT2D eigenvalue weighted by atomic mass is 79.9. The van der Waals surface area contributed by atoms with Crippen LogP contribution in [0.1, 0.15) is 12.0 Å². The minimum Gasteiger partial charge on any atom is -0.481 e. The number of hydrogen-bond donors (Lipinski definition) is 1. The quantitative estimate of drug-likeness (QED) is 0.758. The molecule has 0 saturated carbocycles. The van der Waals surface area contributed by atoms with Gasteiger partial charge in [-0.1, -0.05) is 15.9 Å². The van der Waals surface area contributed by atoms with Gasteiger partial charge in [-0.05, 0) is 42.0 Å². The van der Waals surface area contributed by atoms with E-state index in [0.29, 0.717) is 11.3 Å². The summed E-state index contributed by atoms with van der Waals surface area (Å²) in [5, 5.41) is 9.15. The summed E-state index contributed by atoms with van der Waals surface area (Å²) in [5.74, 6) is -2.70. The van der Waals surface area contributed by atoms with Crippen LogP contribution in [0.15, 0.2) is 46.9 Å². The Labute approximate surface area is 163 Å². The zero-order chi connectivity index (χ0) is 19.6. The van der Waals surface area contributed by atoms with Crippen molar-refractivity contribution in [2.75, 3.05) is 18.0 Å². The average Bonchev–Trinajstić information content (AvgIpc) is 2.57. The molecule has 1 N–H and O–H groups in total. The number of hydrogen-bond acceptors (Lipinski definition) is 2. The molecule has 8 heteroatoms. The molecular weight excluding hydrogens is 422 g/mol. The van der Waals surface area contributed by atoms with Gasteiger partial charge >= 0.3 is 12.0 Å². The van der Waals surface area contributed by atoms with Crippen LogP contribution in [0, 0.1) is 17.6 Å². The molecule has 2 aromatic carbocycles. The normalized spacial score (nSPS) is 17.3. The molecule has 1 aliphatic heterocycles. The van der Waals surface area contributed by atoms with E-state index in [4.69, 9.17) is 5.11 Å². The monoisotopic (exact) mass is 438 g/mol. The van der Waals surface area contributed by atoms with E-state index in [9.17, 15) is 18.4 Å². The van der Waals surface area contributed by atoms with E-state index in [0.717, 1.165) is 10.5 Å². The number of amides is 2. The minimum absolute atomic E-state index is 0.00331. The van der Waals surface area contributed by atoms with Gasteiger partial charge in [0.1, 0.15) is 11.6 Å². The van der Waals surface area contributed by atoms with Crippen molar-refractivity contribution in [1.29, 1.82) is 0 Å². The third kappa shape index (κ3) is 4.82. The van der Waals surface area contributed by atoms with Crippen molar-refractivity contribution in [3.8, 4) is 0 Å². The lowest BCUT2D eigenvalue weighted by Crippen LogP contribution is -2.53. The Hall–Kier alpha value is -2.48. The van der Waals surface area contributed by atoms with Gasteiger partial charge in [0.05, 0.1) is 6.42 Å². The van der Waals surface area contributed by atoms with E-state index in [-0.39, 0.29) is 38.0 Å². The number of carbonyl (C=O) groups excluding carboxylic acids is 1. The van der Waals surface area contributed by atoms with Gasteiger partial charge in [0.25, 0.3) is 0 Å². The smallest absolute Gasteiger partial charge is 0.324 e. The fraction of sp³-hybridized carbons (Fsp3) is 0.263. The molecule has 0 aromatic heterocycles. The molecule has 1 aliphatic rings. The molecule has 2 amide bonds. The van der Waals surface area contributed by atoms with Crippen molar-refractivity contribution < 1.29 is 23.5 Å². The number of carboxylic acids is 1. The van der Waals surface area contributed by atoms with Crippen LogP contribution >= 0.6 is 15.9 Å². The molecule has 5 nitrogen and oxygen atoms in total. The Kier molecular flexibility index (Phi) is 5.74. The maximum Gasteiger partial charge on any atom is 0.324 e. The number of halogens is 3. The number of aliphatic carboxylic acids is 1. The fourth-order valence-corrected chi connectivity index (χ4v) is 3.49. The van der Waals surface area contributed by atoms with E-state index in [1.165, 1.54) is 21.9 Å². The Bertz CT molecular complexity index is 840. The minimum atomic E-state index is -0.957. The van der Waals surface area contributed by atoms with Crippen molar-refractivity contribution in [3.63, 3.8) is 0 Å². The first-order valence-electron chi connectivity index (χ1n) is 8.30. The van der Waals surface area contributed by atoms with E-state index >= 15 is 0 Å². The second kappa shape index (κ2) is 8.04. The highest BCUT2D eigenvalue weighted by Gasteiger charge is 2.33. The van der Waals surface area contributed by atoms with Crippen LogP contribution in [0.4, 0.5) is 19.3 Å². The third-order valence-electron chi connectivity index (χ3n) is 4.32. The van der Waals surface area contributed by atoms with Gasteiger partial charge < -0.3 is 10.0 Å². The number of benzene rings is 2. The number of rotatable bonds is 5. The average molecular weight is 439 g/mol. The first kappa shape index (κ1) is 19.3. The van der Waals surface area contributed by atoms with E-state index < -0.39 is 17.6 Å². The lowest BCUT2D eigenvalue weighted by molar-refractivity contribution is -0.138. The van der Waals surface area contributed by atoms with Crippen LogP contribution in [0.25, 0.3) is 0 Å². The Morgan fingerprint density at radius 1 is 1.11 bits per heavy atom.